The van der Waals surface area contributed by atoms with Gasteiger partial charge in [0.15, 0.2) is 5.75 Å². The molecule has 0 spiro atoms. The topological polar surface area (TPSA) is 60.1 Å². The Morgan fingerprint density at radius 3 is 2.54 bits per heavy atom. The summed E-state index contributed by atoms with van der Waals surface area (Å²) in [4.78, 5) is 12.7. The SMILES string of the molecule is Cc1ccccc1-c1c(O)c2c(cnn2C)n(CC(F)(F)F)c1=O. The van der Waals surface area contributed by atoms with E-state index in [1.165, 1.54) is 11.7 Å². The molecule has 0 aliphatic heterocycles. The van der Waals surface area contributed by atoms with Gasteiger partial charge in [0.05, 0.1) is 17.3 Å². The highest BCUT2D eigenvalue weighted by Crippen LogP contribution is 2.34. The Labute approximate surface area is 134 Å². The molecule has 2 aromatic heterocycles. The number of pyridine rings is 1. The molecule has 5 nitrogen and oxygen atoms in total. The molecule has 2 heterocycles. The Bertz CT molecular complexity index is 987. The van der Waals surface area contributed by atoms with Gasteiger partial charge in [-0.15, -0.1) is 0 Å². The van der Waals surface area contributed by atoms with Crippen molar-refractivity contribution >= 4 is 11.0 Å². The Balaban J connectivity index is 2.45. The summed E-state index contributed by atoms with van der Waals surface area (Å²) < 4.78 is 40.6. The van der Waals surface area contributed by atoms with E-state index < -0.39 is 18.3 Å². The molecule has 0 unspecified atom stereocenters. The number of hydrogen-bond donors (Lipinski definition) is 1. The predicted octanol–water partition coefficient (Wildman–Crippen LogP) is 2.98. The molecule has 0 aliphatic carbocycles. The molecule has 0 fully saturated rings. The van der Waals surface area contributed by atoms with Gasteiger partial charge in [0.2, 0.25) is 0 Å². The smallest absolute Gasteiger partial charge is 0.406 e. The number of halogens is 3. The van der Waals surface area contributed by atoms with Crippen molar-refractivity contribution in [3.8, 4) is 16.9 Å². The number of alkyl halides is 3. The molecule has 0 aliphatic rings. The molecular weight excluding hydrogens is 323 g/mol. The summed E-state index contributed by atoms with van der Waals surface area (Å²) in [5.74, 6) is -0.372. The van der Waals surface area contributed by atoms with E-state index in [9.17, 15) is 23.1 Å². The molecule has 0 amide bonds. The lowest BCUT2D eigenvalue weighted by atomic mass is 10.0. The van der Waals surface area contributed by atoms with Gasteiger partial charge < -0.3 is 5.11 Å². The number of hydrogen-bond acceptors (Lipinski definition) is 3. The van der Waals surface area contributed by atoms with Gasteiger partial charge in [-0.1, -0.05) is 24.3 Å². The molecule has 0 bridgehead atoms. The van der Waals surface area contributed by atoms with Gasteiger partial charge in [0.25, 0.3) is 5.56 Å². The van der Waals surface area contributed by atoms with Crippen molar-refractivity contribution in [2.45, 2.75) is 19.6 Å². The number of aryl methyl sites for hydroxylation is 2. The molecule has 0 saturated heterocycles. The van der Waals surface area contributed by atoms with Gasteiger partial charge in [-0.05, 0) is 18.1 Å². The zero-order valence-corrected chi connectivity index (χ0v) is 12.9. The highest BCUT2D eigenvalue weighted by molar-refractivity contribution is 5.90. The Morgan fingerprint density at radius 2 is 1.92 bits per heavy atom. The second-order valence-corrected chi connectivity index (χ2v) is 5.55. The van der Waals surface area contributed by atoms with Crippen molar-refractivity contribution in [3.63, 3.8) is 0 Å². The fourth-order valence-corrected chi connectivity index (χ4v) is 2.79. The first-order chi connectivity index (χ1) is 11.2. The van der Waals surface area contributed by atoms with Crippen LogP contribution in [0.15, 0.2) is 35.3 Å². The minimum absolute atomic E-state index is 0.0605. The van der Waals surface area contributed by atoms with Gasteiger partial charge in [-0.3, -0.25) is 14.0 Å². The standard InChI is InChI=1S/C16H14F3N3O2/c1-9-5-3-4-6-10(9)12-14(23)13-11(7-20-21(13)2)22(15(12)24)8-16(17,18)19/h3-7,23H,8H2,1-2H3. The van der Waals surface area contributed by atoms with Gasteiger partial charge >= 0.3 is 6.18 Å². The molecule has 1 N–H and O–H groups in total. The monoisotopic (exact) mass is 337 g/mol. The number of rotatable bonds is 2. The summed E-state index contributed by atoms with van der Waals surface area (Å²) >= 11 is 0. The summed E-state index contributed by atoms with van der Waals surface area (Å²) in [5.41, 5.74) is 0.0174. The zero-order valence-electron chi connectivity index (χ0n) is 12.9. The van der Waals surface area contributed by atoms with Crippen LogP contribution in [-0.2, 0) is 13.6 Å². The molecule has 1 aromatic carbocycles. The molecule has 3 aromatic rings. The van der Waals surface area contributed by atoms with Crippen molar-refractivity contribution in [1.29, 1.82) is 0 Å². The highest BCUT2D eigenvalue weighted by Gasteiger charge is 2.31. The first-order valence-corrected chi connectivity index (χ1v) is 7.11. The molecule has 8 heteroatoms. The average Bonchev–Trinajstić information content (AvgIpc) is 2.87. The van der Waals surface area contributed by atoms with Gasteiger partial charge in [0.1, 0.15) is 12.1 Å². The quantitative estimate of drug-likeness (QED) is 0.782. The third-order valence-electron chi connectivity index (χ3n) is 3.88. The molecule has 0 radical (unpaired) electrons. The van der Waals surface area contributed by atoms with Gasteiger partial charge in [-0.25, -0.2) is 0 Å². The lowest BCUT2D eigenvalue weighted by molar-refractivity contribution is -0.140. The molecule has 0 saturated carbocycles. The van der Waals surface area contributed by atoms with Crippen LogP contribution in [0.25, 0.3) is 22.2 Å². The normalized spacial score (nSPS) is 12.0. The predicted molar refractivity (Wildman–Crippen MR) is 82.9 cm³/mol. The second-order valence-electron chi connectivity index (χ2n) is 5.55. The largest absolute Gasteiger partial charge is 0.505 e. The first-order valence-electron chi connectivity index (χ1n) is 7.11. The summed E-state index contributed by atoms with van der Waals surface area (Å²) in [6.07, 6.45) is -3.43. The average molecular weight is 337 g/mol. The minimum Gasteiger partial charge on any atom is -0.505 e. The van der Waals surface area contributed by atoms with E-state index in [1.807, 2.05) is 0 Å². The van der Waals surface area contributed by atoms with Crippen LogP contribution in [0.2, 0.25) is 0 Å². The molecule has 0 atom stereocenters. The van der Waals surface area contributed by atoms with Gasteiger partial charge in [-0.2, -0.15) is 18.3 Å². The fourth-order valence-electron chi connectivity index (χ4n) is 2.79. The third-order valence-corrected chi connectivity index (χ3v) is 3.88. The van der Waals surface area contributed by atoms with Gasteiger partial charge in [0, 0.05) is 7.05 Å². The number of fused-ring (bicyclic) bond motifs is 1. The Kier molecular flexibility index (Phi) is 3.62. The maximum Gasteiger partial charge on any atom is 0.406 e. The van der Waals surface area contributed by atoms with Crippen LogP contribution in [0.1, 0.15) is 5.56 Å². The van der Waals surface area contributed by atoms with E-state index in [2.05, 4.69) is 5.10 Å². The lowest BCUT2D eigenvalue weighted by Crippen LogP contribution is -2.29. The van der Waals surface area contributed by atoms with E-state index in [-0.39, 0.29) is 22.3 Å². The summed E-state index contributed by atoms with van der Waals surface area (Å²) in [5, 5.41) is 14.4. The lowest BCUT2D eigenvalue weighted by Gasteiger charge is -2.15. The van der Waals surface area contributed by atoms with Crippen molar-refractivity contribution in [1.82, 2.24) is 14.3 Å². The summed E-state index contributed by atoms with van der Waals surface area (Å²) in [6.45, 7) is 0.267. The zero-order chi connectivity index (χ0) is 17.6. The van der Waals surface area contributed by atoms with E-state index in [0.717, 1.165) is 6.20 Å². The number of aromatic nitrogens is 3. The number of benzene rings is 1. The highest BCUT2D eigenvalue weighted by atomic mass is 19.4. The second kappa shape index (κ2) is 5.40. The minimum atomic E-state index is -4.58. The van der Waals surface area contributed by atoms with Crippen LogP contribution in [0.3, 0.4) is 0 Å². The van der Waals surface area contributed by atoms with Crippen molar-refractivity contribution in [2.75, 3.05) is 0 Å². The van der Waals surface area contributed by atoms with Crippen LogP contribution in [0.4, 0.5) is 13.2 Å². The molecular formula is C16H14F3N3O2. The van der Waals surface area contributed by atoms with E-state index >= 15 is 0 Å². The van der Waals surface area contributed by atoms with E-state index in [0.29, 0.717) is 15.7 Å². The van der Waals surface area contributed by atoms with Crippen molar-refractivity contribution < 1.29 is 18.3 Å². The van der Waals surface area contributed by atoms with Crippen molar-refractivity contribution in [3.05, 3.63) is 46.4 Å². The third kappa shape index (κ3) is 2.53. The van der Waals surface area contributed by atoms with Crippen LogP contribution in [-0.4, -0.2) is 25.6 Å². The first kappa shape index (κ1) is 16.1. The van der Waals surface area contributed by atoms with Crippen LogP contribution >= 0.6 is 0 Å². The van der Waals surface area contributed by atoms with E-state index in [4.69, 9.17) is 0 Å². The van der Waals surface area contributed by atoms with Crippen LogP contribution in [0.5, 0.6) is 5.75 Å². The fraction of sp³-hybridized carbons (Fsp3) is 0.250. The molecule has 126 valence electrons. The molecule has 3 rings (SSSR count). The van der Waals surface area contributed by atoms with Crippen LogP contribution in [0, 0.1) is 6.92 Å². The summed E-state index contributed by atoms with van der Waals surface area (Å²) in [6, 6.07) is 6.71. The van der Waals surface area contributed by atoms with E-state index in [1.54, 1.807) is 31.2 Å². The number of nitrogens with zero attached hydrogens (tertiary/aromatic N) is 3. The summed E-state index contributed by atoms with van der Waals surface area (Å²) in [7, 11) is 1.49. The van der Waals surface area contributed by atoms with Crippen molar-refractivity contribution in [2.24, 2.45) is 7.05 Å². The Hall–Kier alpha value is -2.77. The van der Waals surface area contributed by atoms with Crippen LogP contribution < -0.4 is 5.56 Å². The maximum atomic E-state index is 12.9. The molecule has 24 heavy (non-hydrogen) atoms. The Morgan fingerprint density at radius 1 is 1.25 bits per heavy atom. The maximum absolute atomic E-state index is 12.9. The number of aromatic hydroxyl groups is 1.